The number of aryl methyl sites for hydroxylation is 1. The minimum Gasteiger partial charge on any atom is -0.494 e. The van der Waals surface area contributed by atoms with E-state index in [9.17, 15) is 9.59 Å². The topological polar surface area (TPSA) is 85.7 Å². The van der Waals surface area contributed by atoms with Gasteiger partial charge in [-0.25, -0.2) is 9.48 Å². The number of hydrogen-bond acceptors (Lipinski definition) is 5. The molecule has 1 atom stereocenters. The molecule has 8 heteroatoms. The van der Waals surface area contributed by atoms with Crippen LogP contribution in [-0.2, 0) is 4.74 Å². The molecule has 2 heterocycles. The molecule has 3 rings (SSSR count). The number of nitrogens with zero attached hydrogens (tertiary/aromatic N) is 3. The molecule has 1 N–H and O–H groups in total. The first-order valence-electron chi connectivity index (χ1n) is 10.7. The van der Waals surface area contributed by atoms with Crippen molar-refractivity contribution in [2.45, 2.75) is 58.6 Å². The number of carbonyl (C=O) groups excluding carboxylic acids is 2. The van der Waals surface area contributed by atoms with Gasteiger partial charge in [-0.2, -0.15) is 5.10 Å². The third-order valence-electron chi connectivity index (χ3n) is 5.16. The van der Waals surface area contributed by atoms with Crippen molar-refractivity contribution >= 4 is 12.0 Å². The number of aromatic nitrogens is 2. The molecule has 31 heavy (non-hydrogen) atoms. The highest BCUT2D eigenvalue weighted by molar-refractivity contribution is 5.92. The summed E-state index contributed by atoms with van der Waals surface area (Å²) in [4.78, 5) is 27.1. The molecule has 0 aliphatic carbocycles. The highest BCUT2D eigenvalue weighted by atomic mass is 16.6. The van der Waals surface area contributed by atoms with Gasteiger partial charge >= 0.3 is 6.09 Å². The first-order chi connectivity index (χ1) is 14.7. The standard InChI is InChI=1S/C23H32N4O4/c1-16-9-10-20(30-5)19(14-16)27-13-11-18(25-27)21(28)26-12-7-6-8-17(26)15-24-22(29)31-23(2,3)4/h9-11,13-14,17H,6-8,12,15H2,1-5H3,(H,24,29). The van der Waals surface area contributed by atoms with Crippen LogP contribution in [0.5, 0.6) is 5.75 Å². The Morgan fingerprint density at radius 2 is 2.00 bits per heavy atom. The van der Waals surface area contributed by atoms with Crippen LogP contribution in [0.3, 0.4) is 0 Å². The molecule has 0 spiro atoms. The summed E-state index contributed by atoms with van der Waals surface area (Å²) in [5.41, 5.74) is 1.66. The van der Waals surface area contributed by atoms with Crippen molar-refractivity contribution in [2.75, 3.05) is 20.2 Å². The van der Waals surface area contributed by atoms with Gasteiger partial charge in [0.05, 0.1) is 7.11 Å². The van der Waals surface area contributed by atoms with Crippen LogP contribution in [0.15, 0.2) is 30.5 Å². The molecule has 2 aromatic rings. The van der Waals surface area contributed by atoms with Gasteiger partial charge < -0.3 is 19.7 Å². The van der Waals surface area contributed by atoms with Crippen LogP contribution in [0, 0.1) is 6.92 Å². The highest BCUT2D eigenvalue weighted by Crippen LogP contribution is 2.24. The average Bonchev–Trinajstić information content (AvgIpc) is 3.21. The Bertz CT molecular complexity index is 932. The molecule has 1 aliphatic rings. The zero-order chi connectivity index (χ0) is 22.6. The van der Waals surface area contributed by atoms with E-state index < -0.39 is 11.7 Å². The third-order valence-corrected chi connectivity index (χ3v) is 5.16. The van der Waals surface area contributed by atoms with Crippen molar-refractivity contribution in [3.63, 3.8) is 0 Å². The summed E-state index contributed by atoms with van der Waals surface area (Å²) in [5.74, 6) is 0.547. The predicted octanol–water partition coefficient (Wildman–Crippen LogP) is 3.71. The van der Waals surface area contributed by atoms with Crippen molar-refractivity contribution in [3.8, 4) is 11.4 Å². The zero-order valence-corrected chi connectivity index (χ0v) is 19.0. The van der Waals surface area contributed by atoms with Crippen molar-refractivity contribution in [2.24, 2.45) is 0 Å². The Labute approximate surface area is 183 Å². The Balaban J connectivity index is 1.72. The molecule has 1 aliphatic heterocycles. The summed E-state index contributed by atoms with van der Waals surface area (Å²) in [7, 11) is 1.61. The third kappa shape index (κ3) is 5.77. The second-order valence-corrected chi connectivity index (χ2v) is 8.85. The van der Waals surface area contributed by atoms with Gasteiger partial charge in [-0.15, -0.1) is 0 Å². The lowest BCUT2D eigenvalue weighted by Crippen LogP contribution is -2.50. The fraction of sp³-hybridized carbons (Fsp3) is 0.522. The number of rotatable bonds is 5. The van der Waals surface area contributed by atoms with Crippen molar-refractivity contribution in [1.29, 1.82) is 0 Å². The quantitative estimate of drug-likeness (QED) is 0.785. The summed E-state index contributed by atoms with van der Waals surface area (Å²) in [5, 5.41) is 7.32. The predicted molar refractivity (Wildman–Crippen MR) is 118 cm³/mol. The lowest BCUT2D eigenvalue weighted by molar-refractivity contribution is 0.0460. The van der Waals surface area contributed by atoms with Crippen LogP contribution in [-0.4, -0.2) is 58.5 Å². The van der Waals surface area contributed by atoms with Crippen molar-refractivity contribution in [3.05, 3.63) is 41.7 Å². The number of hydrogen-bond donors (Lipinski definition) is 1. The molecule has 8 nitrogen and oxygen atoms in total. The molecule has 168 valence electrons. The molecule has 1 aromatic heterocycles. The van der Waals surface area contributed by atoms with Crippen molar-refractivity contribution in [1.82, 2.24) is 20.0 Å². The maximum Gasteiger partial charge on any atom is 0.407 e. The van der Waals surface area contributed by atoms with Crippen LogP contribution in [0.2, 0.25) is 0 Å². The van der Waals surface area contributed by atoms with Gasteiger partial charge in [0.25, 0.3) is 5.91 Å². The van der Waals surface area contributed by atoms with Crippen LogP contribution in [0.4, 0.5) is 4.79 Å². The molecule has 0 bridgehead atoms. The van der Waals surface area contributed by atoms with E-state index in [0.29, 0.717) is 24.5 Å². The fourth-order valence-electron chi connectivity index (χ4n) is 3.69. The molecule has 1 aromatic carbocycles. The lowest BCUT2D eigenvalue weighted by Gasteiger charge is -2.35. The van der Waals surface area contributed by atoms with E-state index in [-0.39, 0.29) is 11.9 Å². The molecule has 1 fully saturated rings. The second kappa shape index (κ2) is 9.41. The number of benzene rings is 1. The van der Waals surface area contributed by atoms with Gasteiger partial charge in [0.15, 0.2) is 5.69 Å². The van der Waals surface area contributed by atoms with Crippen LogP contribution >= 0.6 is 0 Å². The smallest absolute Gasteiger partial charge is 0.407 e. The summed E-state index contributed by atoms with van der Waals surface area (Å²) >= 11 is 0. The highest BCUT2D eigenvalue weighted by Gasteiger charge is 2.29. The maximum absolute atomic E-state index is 13.2. The van der Waals surface area contributed by atoms with Gasteiger partial charge in [-0.1, -0.05) is 6.07 Å². The number of piperidine rings is 1. The summed E-state index contributed by atoms with van der Waals surface area (Å²) in [6.45, 7) is 8.45. The van der Waals surface area contributed by atoms with Crippen LogP contribution in [0.25, 0.3) is 5.69 Å². The summed E-state index contributed by atoms with van der Waals surface area (Å²) in [6, 6.07) is 7.45. The molecule has 2 amide bonds. The SMILES string of the molecule is COc1ccc(C)cc1-n1ccc(C(=O)N2CCCCC2CNC(=O)OC(C)(C)C)n1. The van der Waals surface area contributed by atoms with Gasteiger partial charge in [0, 0.05) is 25.3 Å². The number of carbonyl (C=O) groups is 2. The van der Waals surface area contributed by atoms with Gasteiger partial charge in [0.2, 0.25) is 0 Å². The minimum atomic E-state index is -0.560. The molecular weight excluding hydrogens is 396 g/mol. The number of methoxy groups -OCH3 is 1. The largest absolute Gasteiger partial charge is 0.494 e. The lowest BCUT2D eigenvalue weighted by atomic mass is 10.0. The number of ether oxygens (including phenoxy) is 2. The maximum atomic E-state index is 13.2. The second-order valence-electron chi connectivity index (χ2n) is 8.85. The van der Waals surface area contributed by atoms with Crippen molar-refractivity contribution < 1.29 is 19.1 Å². The van der Waals surface area contributed by atoms with E-state index in [2.05, 4.69) is 10.4 Å². The fourth-order valence-corrected chi connectivity index (χ4v) is 3.69. The number of likely N-dealkylation sites (tertiary alicyclic amines) is 1. The van der Waals surface area contributed by atoms with Gasteiger partial charge in [-0.05, 0) is 70.7 Å². The van der Waals surface area contributed by atoms with Gasteiger partial charge in [0.1, 0.15) is 17.0 Å². The molecule has 1 unspecified atom stereocenters. The van der Waals surface area contributed by atoms with E-state index in [1.54, 1.807) is 29.0 Å². The minimum absolute atomic E-state index is 0.0903. The van der Waals surface area contributed by atoms with E-state index in [1.165, 1.54) is 0 Å². The van der Waals surface area contributed by atoms with Crippen LogP contribution in [0.1, 0.15) is 56.1 Å². The van der Waals surface area contributed by atoms with E-state index >= 15 is 0 Å². The number of nitrogens with one attached hydrogen (secondary N) is 1. The number of amides is 2. The first-order valence-corrected chi connectivity index (χ1v) is 10.7. The Kier molecular flexibility index (Phi) is 6.87. The summed E-state index contributed by atoms with van der Waals surface area (Å²) in [6.07, 6.45) is 4.07. The van der Waals surface area contributed by atoms with Gasteiger partial charge in [-0.3, -0.25) is 4.79 Å². The van der Waals surface area contributed by atoms with E-state index in [1.807, 2.05) is 45.9 Å². The first kappa shape index (κ1) is 22.7. The Morgan fingerprint density at radius 3 is 2.71 bits per heavy atom. The number of alkyl carbamates (subject to hydrolysis) is 1. The normalized spacial score (nSPS) is 16.7. The average molecular weight is 429 g/mol. The molecule has 0 radical (unpaired) electrons. The zero-order valence-electron chi connectivity index (χ0n) is 19.0. The van der Waals surface area contributed by atoms with Crippen LogP contribution < -0.4 is 10.1 Å². The van der Waals surface area contributed by atoms with E-state index in [0.717, 1.165) is 30.5 Å². The van der Waals surface area contributed by atoms with E-state index in [4.69, 9.17) is 9.47 Å². The monoisotopic (exact) mass is 428 g/mol. The molecule has 0 saturated carbocycles. The Hall–Kier alpha value is -3.03. The molecular formula is C23H32N4O4. The molecule has 1 saturated heterocycles. The Morgan fingerprint density at radius 1 is 1.23 bits per heavy atom. The summed E-state index contributed by atoms with van der Waals surface area (Å²) < 4.78 is 12.4.